The molecule has 0 aliphatic carbocycles. The first-order chi connectivity index (χ1) is 13.8. The highest BCUT2D eigenvalue weighted by Gasteiger charge is 2.21. The SMILES string of the molecule is CN=C(NCC(=O)NCCc1ccccc1)N1CCN(c2ncccn2)CC1.I. The van der Waals surface area contributed by atoms with Gasteiger partial charge in [0.25, 0.3) is 0 Å². The molecule has 156 valence electrons. The summed E-state index contributed by atoms with van der Waals surface area (Å²) in [5.41, 5.74) is 1.21. The van der Waals surface area contributed by atoms with Gasteiger partial charge in [0.1, 0.15) is 0 Å². The topological polar surface area (TPSA) is 85.8 Å². The fourth-order valence-electron chi connectivity index (χ4n) is 3.12. The van der Waals surface area contributed by atoms with Gasteiger partial charge in [0.05, 0.1) is 6.54 Å². The summed E-state index contributed by atoms with van der Waals surface area (Å²) in [6.45, 7) is 4.06. The summed E-state index contributed by atoms with van der Waals surface area (Å²) in [7, 11) is 1.74. The second-order valence-electron chi connectivity index (χ2n) is 6.51. The fraction of sp³-hybridized carbons (Fsp3) is 0.400. The van der Waals surface area contributed by atoms with Crippen LogP contribution in [0.3, 0.4) is 0 Å². The fourth-order valence-corrected chi connectivity index (χ4v) is 3.12. The summed E-state index contributed by atoms with van der Waals surface area (Å²) < 4.78 is 0. The molecule has 1 fully saturated rings. The number of piperazine rings is 1. The molecule has 2 heterocycles. The molecule has 1 aliphatic rings. The van der Waals surface area contributed by atoms with Crippen molar-refractivity contribution in [2.75, 3.05) is 51.2 Å². The molecule has 3 rings (SSSR count). The van der Waals surface area contributed by atoms with Crippen molar-refractivity contribution in [1.82, 2.24) is 25.5 Å². The van der Waals surface area contributed by atoms with Crippen LogP contribution in [0.2, 0.25) is 0 Å². The average molecular weight is 509 g/mol. The minimum absolute atomic E-state index is 0. The molecule has 0 radical (unpaired) electrons. The van der Waals surface area contributed by atoms with Crippen LogP contribution >= 0.6 is 24.0 Å². The van der Waals surface area contributed by atoms with E-state index in [0.717, 1.165) is 44.5 Å². The number of carbonyl (C=O) groups excluding carboxylic acids is 1. The van der Waals surface area contributed by atoms with Crippen molar-refractivity contribution in [3.8, 4) is 0 Å². The molecule has 1 amide bonds. The van der Waals surface area contributed by atoms with E-state index >= 15 is 0 Å². The molecule has 1 aromatic carbocycles. The molecule has 8 nitrogen and oxygen atoms in total. The number of hydrogen-bond acceptors (Lipinski definition) is 5. The second kappa shape index (κ2) is 12.2. The van der Waals surface area contributed by atoms with E-state index in [1.165, 1.54) is 5.56 Å². The molecule has 0 bridgehead atoms. The van der Waals surface area contributed by atoms with E-state index in [2.05, 4.69) is 47.5 Å². The predicted molar refractivity (Wildman–Crippen MR) is 126 cm³/mol. The quantitative estimate of drug-likeness (QED) is 0.346. The molecule has 2 N–H and O–H groups in total. The maximum atomic E-state index is 12.1. The number of aliphatic imine (C=N–C) groups is 1. The van der Waals surface area contributed by atoms with Crippen LogP contribution in [-0.2, 0) is 11.2 Å². The van der Waals surface area contributed by atoms with Crippen LogP contribution in [0.4, 0.5) is 5.95 Å². The molecule has 1 aliphatic heterocycles. The molecule has 1 aromatic heterocycles. The zero-order valence-corrected chi connectivity index (χ0v) is 19.0. The van der Waals surface area contributed by atoms with E-state index < -0.39 is 0 Å². The number of nitrogens with zero attached hydrogens (tertiary/aromatic N) is 5. The third kappa shape index (κ3) is 7.15. The second-order valence-corrected chi connectivity index (χ2v) is 6.51. The summed E-state index contributed by atoms with van der Waals surface area (Å²) in [5.74, 6) is 1.46. The van der Waals surface area contributed by atoms with Crippen LogP contribution < -0.4 is 15.5 Å². The molecule has 2 aromatic rings. The van der Waals surface area contributed by atoms with E-state index in [-0.39, 0.29) is 36.4 Å². The zero-order valence-electron chi connectivity index (χ0n) is 16.6. The third-order valence-electron chi connectivity index (χ3n) is 4.61. The van der Waals surface area contributed by atoms with Crippen LogP contribution in [0.1, 0.15) is 5.56 Å². The van der Waals surface area contributed by atoms with E-state index in [9.17, 15) is 4.79 Å². The Morgan fingerprint density at radius 3 is 2.38 bits per heavy atom. The van der Waals surface area contributed by atoms with Crippen molar-refractivity contribution < 1.29 is 4.79 Å². The Labute approximate surface area is 188 Å². The van der Waals surface area contributed by atoms with Gasteiger partial charge in [-0.15, -0.1) is 24.0 Å². The van der Waals surface area contributed by atoms with Gasteiger partial charge in [0, 0.05) is 52.2 Å². The maximum absolute atomic E-state index is 12.1. The van der Waals surface area contributed by atoms with Crippen molar-refractivity contribution in [2.45, 2.75) is 6.42 Å². The molecule has 0 unspecified atom stereocenters. The third-order valence-corrected chi connectivity index (χ3v) is 4.61. The standard InChI is InChI=1S/C20H27N7O.HI/c1-21-19(25-16-18(28)22-11-8-17-6-3-2-4-7-17)26-12-14-27(15-13-26)20-23-9-5-10-24-20;/h2-7,9-10H,8,11-16H2,1H3,(H,21,25)(H,22,28);1H. The Morgan fingerprint density at radius 2 is 1.72 bits per heavy atom. The molecule has 1 saturated heterocycles. The van der Waals surface area contributed by atoms with E-state index in [0.29, 0.717) is 6.54 Å². The molecule has 0 spiro atoms. The normalized spacial score (nSPS) is 14.2. The Balaban J connectivity index is 0.00000300. The average Bonchev–Trinajstić information content (AvgIpc) is 2.76. The van der Waals surface area contributed by atoms with Gasteiger partial charge in [0.2, 0.25) is 11.9 Å². The van der Waals surface area contributed by atoms with Crippen molar-refractivity contribution in [1.29, 1.82) is 0 Å². The Morgan fingerprint density at radius 1 is 1.03 bits per heavy atom. The van der Waals surface area contributed by atoms with Gasteiger partial charge in [-0.05, 0) is 18.1 Å². The monoisotopic (exact) mass is 509 g/mol. The summed E-state index contributed by atoms with van der Waals surface area (Å²) >= 11 is 0. The van der Waals surface area contributed by atoms with Crippen LogP contribution in [0, 0.1) is 0 Å². The minimum Gasteiger partial charge on any atom is -0.354 e. The van der Waals surface area contributed by atoms with Crippen LogP contribution in [0.25, 0.3) is 0 Å². The number of aromatic nitrogens is 2. The molecular weight excluding hydrogens is 481 g/mol. The smallest absolute Gasteiger partial charge is 0.239 e. The lowest BCUT2D eigenvalue weighted by molar-refractivity contribution is -0.120. The first kappa shape index (κ1) is 22.9. The van der Waals surface area contributed by atoms with Gasteiger partial charge in [-0.3, -0.25) is 9.79 Å². The number of rotatable bonds is 6. The van der Waals surface area contributed by atoms with Crippen LogP contribution in [0.15, 0.2) is 53.8 Å². The van der Waals surface area contributed by atoms with Gasteiger partial charge in [-0.1, -0.05) is 30.3 Å². The van der Waals surface area contributed by atoms with Crippen molar-refractivity contribution in [3.05, 3.63) is 54.4 Å². The number of guanidine groups is 1. The van der Waals surface area contributed by atoms with Gasteiger partial charge < -0.3 is 20.4 Å². The number of nitrogens with one attached hydrogen (secondary N) is 2. The highest BCUT2D eigenvalue weighted by molar-refractivity contribution is 14.0. The lowest BCUT2D eigenvalue weighted by atomic mass is 10.1. The van der Waals surface area contributed by atoms with Crippen molar-refractivity contribution in [2.24, 2.45) is 4.99 Å². The number of benzene rings is 1. The first-order valence-corrected chi connectivity index (χ1v) is 9.54. The Hall–Kier alpha value is -2.43. The number of anilines is 1. The van der Waals surface area contributed by atoms with Gasteiger partial charge in [-0.25, -0.2) is 9.97 Å². The van der Waals surface area contributed by atoms with Gasteiger partial charge in [0.15, 0.2) is 5.96 Å². The first-order valence-electron chi connectivity index (χ1n) is 9.54. The molecule has 9 heteroatoms. The van der Waals surface area contributed by atoms with Crippen LogP contribution in [-0.4, -0.2) is 73.1 Å². The lowest BCUT2D eigenvalue weighted by Gasteiger charge is -2.36. The number of amides is 1. The van der Waals surface area contributed by atoms with Crippen molar-refractivity contribution in [3.63, 3.8) is 0 Å². The lowest BCUT2D eigenvalue weighted by Crippen LogP contribution is -2.54. The number of carbonyl (C=O) groups is 1. The Bertz CT molecular complexity index is 765. The van der Waals surface area contributed by atoms with Gasteiger partial charge >= 0.3 is 0 Å². The zero-order chi connectivity index (χ0) is 19.6. The number of halogens is 1. The summed E-state index contributed by atoms with van der Waals surface area (Å²) in [4.78, 5) is 29.3. The summed E-state index contributed by atoms with van der Waals surface area (Å²) in [5, 5.41) is 6.10. The number of hydrogen-bond donors (Lipinski definition) is 2. The highest BCUT2D eigenvalue weighted by atomic mass is 127. The van der Waals surface area contributed by atoms with E-state index in [1.807, 2.05) is 24.3 Å². The van der Waals surface area contributed by atoms with Gasteiger partial charge in [-0.2, -0.15) is 0 Å². The van der Waals surface area contributed by atoms with E-state index in [1.54, 1.807) is 19.4 Å². The molecule has 29 heavy (non-hydrogen) atoms. The van der Waals surface area contributed by atoms with Crippen molar-refractivity contribution >= 4 is 41.8 Å². The molecular formula is C20H28IN7O. The maximum Gasteiger partial charge on any atom is 0.239 e. The molecule has 0 saturated carbocycles. The predicted octanol–water partition coefficient (Wildman–Crippen LogP) is 1.15. The Kier molecular flexibility index (Phi) is 9.62. The van der Waals surface area contributed by atoms with Crippen LogP contribution in [0.5, 0.6) is 0 Å². The minimum atomic E-state index is -0.0339. The summed E-state index contributed by atoms with van der Waals surface area (Å²) in [6.07, 6.45) is 4.34. The molecule has 0 atom stereocenters. The highest BCUT2D eigenvalue weighted by Crippen LogP contribution is 2.09. The largest absolute Gasteiger partial charge is 0.354 e. The van der Waals surface area contributed by atoms with E-state index in [4.69, 9.17) is 0 Å². The summed E-state index contributed by atoms with van der Waals surface area (Å²) in [6, 6.07) is 11.9.